The van der Waals surface area contributed by atoms with Gasteiger partial charge in [-0.1, -0.05) is 0 Å². The second-order valence-corrected chi connectivity index (χ2v) is 8.10. The number of hydrogen-bond donors (Lipinski definition) is 1. The van der Waals surface area contributed by atoms with E-state index in [1.165, 1.54) is 0 Å². The molecule has 2 fully saturated rings. The Hall–Kier alpha value is -2.62. The van der Waals surface area contributed by atoms with Crippen molar-refractivity contribution in [2.45, 2.75) is 26.4 Å². The van der Waals surface area contributed by atoms with E-state index < -0.39 is 16.7 Å². The van der Waals surface area contributed by atoms with Crippen LogP contribution < -0.4 is 10.2 Å². The van der Waals surface area contributed by atoms with E-state index in [2.05, 4.69) is 15.3 Å². The molecule has 0 bridgehead atoms. The van der Waals surface area contributed by atoms with Gasteiger partial charge in [-0.05, 0) is 44.7 Å². The summed E-state index contributed by atoms with van der Waals surface area (Å²) in [6, 6.07) is 1.67. The van der Waals surface area contributed by atoms with Crippen molar-refractivity contribution in [1.82, 2.24) is 20.2 Å². The second kappa shape index (κ2) is 7.55. The molecule has 3 amide bonds. The molecule has 0 radical (unpaired) electrons. The lowest BCUT2D eigenvalue weighted by Gasteiger charge is -2.35. The molecule has 0 saturated carbocycles. The van der Waals surface area contributed by atoms with Crippen LogP contribution >= 0.6 is 11.8 Å². The maximum absolute atomic E-state index is 12.1. The van der Waals surface area contributed by atoms with Crippen molar-refractivity contribution >= 4 is 41.0 Å². The number of nitrogens with one attached hydrogen (secondary N) is 1. The second-order valence-electron chi connectivity index (χ2n) is 7.09. The van der Waals surface area contributed by atoms with E-state index in [9.17, 15) is 14.4 Å². The molecular weight excluding hydrogens is 370 g/mol. The number of carbonyl (C=O) groups is 3. The van der Waals surface area contributed by atoms with Gasteiger partial charge in [0.2, 0.25) is 5.95 Å². The summed E-state index contributed by atoms with van der Waals surface area (Å²) in [6.45, 7) is 7.69. The van der Waals surface area contributed by atoms with E-state index in [0.717, 1.165) is 11.8 Å². The third-order valence-electron chi connectivity index (χ3n) is 3.80. The van der Waals surface area contributed by atoms with Crippen LogP contribution in [0.2, 0.25) is 0 Å². The lowest BCUT2D eigenvalue weighted by Crippen LogP contribution is -2.50. The van der Waals surface area contributed by atoms with Gasteiger partial charge in [0.1, 0.15) is 5.60 Å². The highest BCUT2D eigenvalue weighted by Gasteiger charge is 2.27. The first-order valence-corrected chi connectivity index (χ1v) is 9.34. The van der Waals surface area contributed by atoms with Gasteiger partial charge in [0.15, 0.2) is 0 Å². The fourth-order valence-electron chi connectivity index (χ4n) is 2.57. The zero-order chi connectivity index (χ0) is 19.6. The van der Waals surface area contributed by atoms with Crippen molar-refractivity contribution in [3.05, 3.63) is 22.9 Å². The van der Waals surface area contributed by atoms with Crippen LogP contribution in [0, 0.1) is 0 Å². The number of hydrogen-bond acceptors (Lipinski definition) is 8. The number of amides is 3. The van der Waals surface area contributed by atoms with E-state index in [0.29, 0.717) is 42.7 Å². The van der Waals surface area contributed by atoms with Crippen LogP contribution in [-0.2, 0) is 9.53 Å². The molecule has 27 heavy (non-hydrogen) atoms. The highest BCUT2D eigenvalue weighted by molar-refractivity contribution is 8.18. The number of carbonyl (C=O) groups excluding carboxylic acids is 3. The summed E-state index contributed by atoms with van der Waals surface area (Å²) >= 11 is 0.847. The number of imide groups is 1. The predicted molar refractivity (Wildman–Crippen MR) is 101 cm³/mol. The van der Waals surface area contributed by atoms with Crippen LogP contribution in [0.3, 0.4) is 0 Å². The smallest absolute Gasteiger partial charge is 0.410 e. The molecule has 2 aliphatic rings. The summed E-state index contributed by atoms with van der Waals surface area (Å²) in [6.07, 6.45) is 2.84. The fourth-order valence-corrected chi connectivity index (χ4v) is 3.23. The third kappa shape index (κ3) is 4.97. The third-order valence-corrected chi connectivity index (χ3v) is 4.61. The summed E-state index contributed by atoms with van der Waals surface area (Å²) in [5.74, 6) is 0.0963. The van der Waals surface area contributed by atoms with E-state index in [1.807, 2.05) is 25.7 Å². The van der Waals surface area contributed by atoms with Gasteiger partial charge in [0.05, 0.1) is 10.6 Å². The Morgan fingerprint density at radius 3 is 2.56 bits per heavy atom. The highest BCUT2D eigenvalue weighted by atomic mass is 32.2. The van der Waals surface area contributed by atoms with E-state index in [4.69, 9.17) is 4.74 Å². The van der Waals surface area contributed by atoms with Gasteiger partial charge in [-0.3, -0.25) is 14.9 Å². The minimum Gasteiger partial charge on any atom is -0.444 e. The average molecular weight is 391 g/mol. The van der Waals surface area contributed by atoms with Crippen molar-refractivity contribution in [3.63, 3.8) is 0 Å². The topological polar surface area (TPSA) is 105 Å². The van der Waals surface area contributed by atoms with Crippen LogP contribution in [-0.4, -0.2) is 63.9 Å². The summed E-state index contributed by atoms with van der Waals surface area (Å²) in [5.41, 5.74) is 0.0207. The number of ether oxygens (including phenoxy) is 1. The Labute approximate surface area is 161 Å². The zero-order valence-corrected chi connectivity index (χ0v) is 16.2. The van der Waals surface area contributed by atoms with E-state index in [1.54, 1.807) is 23.2 Å². The zero-order valence-electron chi connectivity index (χ0n) is 15.4. The van der Waals surface area contributed by atoms with Crippen LogP contribution in [0.4, 0.5) is 15.5 Å². The maximum atomic E-state index is 12.1. The molecule has 3 rings (SSSR count). The lowest BCUT2D eigenvalue weighted by molar-refractivity contribution is -0.115. The summed E-state index contributed by atoms with van der Waals surface area (Å²) in [4.78, 5) is 47.7. The molecule has 0 unspecified atom stereocenters. The van der Waals surface area contributed by atoms with Crippen LogP contribution in [0.15, 0.2) is 17.2 Å². The van der Waals surface area contributed by atoms with E-state index >= 15 is 0 Å². The van der Waals surface area contributed by atoms with Gasteiger partial charge in [-0.2, -0.15) is 0 Å². The highest BCUT2D eigenvalue weighted by Crippen LogP contribution is 2.25. The Bertz CT molecular complexity index is 797. The minimum absolute atomic E-state index is 0.305. The Kier molecular flexibility index (Phi) is 5.36. The van der Waals surface area contributed by atoms with Gasteiger partial charge >= 0.3 is 6.09 Å². The minimum atomic E-state index is -0.523. The molecule has 3 heterocycles. The molecule has 0 atom stereocenters. The van der Waals surface area contributed by atoms with Crippen molar-refractivity contribution in [3.8, 4) is 0 Å². The molecule has 144 valence electrons. The molecule has 0 aromatic carbocycles. The number of anilines is 1. The first-order valence-electron chi connectivity index (χ1n) is 8.52. The molecule has 2 saturated heterocycles. The molecule has 9 nitrogen and oxygen atoms in total. The predicted octanol–water partition coefficient (Wildman–Crippen LogP) is 1.86. The van der Waals surface area contributed by atoms with Crippen molar-refractivity contribution < 1.29 is 19.1 Å². The number of aromatic nitrogens is 2. The molecule has 1 aromatic heterocycles. The first kappa shape index (κ1) is 19.2. The lowest BCUT2D eigenvalue weighted by atomic mass is 10.2. The first-order chi connectivity index (χ1) is 12.7. The fraction of sp³-hybridized carbons (Fsp3) is 0.471. The Morgan fingerprint density at radius 1 is 1.26 bits per heavy atom. The van der Waals surface area contributed by atoms with Gasteiger partial charge < -0.3 is 14.5 Å². The van der Waals surface area contributed by atoms with Gasteiger partial charge in [-0.15, -0.1) is 0 Å². The molecule has 2 aliphatic heterocycles. The molecule has 0 spiro atoms. The normalized spacial score (nSPS) is 19.4. The Balaban J connectivity index is 1.64. The average Bonchev–Trinajstić information content (AvgIpc) is 2.91. The summed E-state index contributed by atoms with van der Waals surface area (Å²) in [5, 5.41) is 1.82. The van der Waals surface area contributed by atoms with Gasteiger partial charge in [0, 0.05) is 32.4 Å². The quantitative estimate of drug-likeness (QED) is 0.762. The molecular formula is C17H21N5O4S. The van der Waals surface area contributed by atoms with Crippen LogP contribution in [0.1, 0.15) is 26.5 Å². The van der Waals surface area contributed by atoms with E-state index in [-0.39, 0.29) is 6.09 Å². The summed E-state index contributed by atoms with van der Waals surface area (Å²) in [7, 11) is 0. The Morgan fingerprint density at radius 2 is 1.96 bits per heavy atom. The van der Waals surface area contributed by atoms with Crippen molar-refractivity contribution in [2.75, 3.05) is 31.1 Å². The largest absolute Gasteiger partial charge is 0.444 e. The number of nitrogens with zero attached hydrogens (tertiary/aromatic N) is 4. The molecule has 1 N–H and O–H groups in total. The molecule has 10 heteroatoms. The molecule has 0 aliphatic carbocycles. The maximum Gasteiger partial charge on any atom is 0.410 e. The van der Waals surface area contributed by atoms with Crippen molar-refractivity contribution in [1.29, 1.82) is 0 Å². The number of piperazine rings is 1. The summed E-state index contributed by atoms with van der Waals surface area (Å²) < 4.78 is 5.39. The van der Waals surface area contributed by atoms with Crippen molar-refractivity contribution in [2.24, 2.45) is 0 Å². The van der Waals surface area contributed by atoms with Crippen LogP contribution in [0.25, 0.3) is 6.08 Å². The standard InChI is InChI=1S/C17H21N5O4S/c1-17(2,3)26-16(25)22-8-6-21(7-9-22)14-18-5-4-11(19-14)10-12-13(23)20-15(24)27-12/h4-5,10H,6-9H2,1-3H3,(H,20,23,24)/b12-10+. The van der Waals surface area contributed by atoms with Gasteiger partial charge in [-0.25, -0.2) is 14.8 Å². The number of thioether (sulfide) groups is 1. The monoisotopic (exact) mass is 391 g/mol. The SMILES string of the molecule is CC(C)(C)OC(=O)N1CCN(c2nccc(/C=C3/SC(=O)NC3=O)n2)CC1. The van der Waals surface area contributed by atoms with Crippen LogP contribution in [0.5, 0.6) is 0 Å². The molecule has 1 aromatic rings. The number of rotatable bonds is 2. The van der Waals surface area contributed by atoms with Gasteiger partial charge in [0.25, 0.3) is 11.1 Å².